The molecule has 1 unspecified atom stereocenters. The second kappa shape index (κ2) is 20.2. The first-order valence-electron chi connectivity index (χ1n) is 25.4. The van der Waals surface area contributed by atoms with Gasteiger partial charge >= 0.3 is 20.1 Å². The monoisotopic (exact) mass is 1140 g/mol. The summed E-state index contributed by atoms with van der Waals surface area (Å²) in [6, 6.07) is 52.1. The minimum absolute atomic E-state index is 0. The minimum Gasteiger partial charge on any atom is -0.661 e. The van der Waals surface area contributed by atoms with Crippen molar-refractivity contribution in [2.45, 2.75) is 113 Å². The van der Waals surface area contributed by atoms with Crippen LogP contribution in [0.25, 0.3) is 71.9 Å². The van der Waals surface area contributed by atoms with Crippen molar-refractivity contribution in [3.05, 3.63) is 207 Å². The number of furan rings is 1. The van der Waals surface area contributed by atoms with Gasteiger partial charge in [0.1, 0.15) is 0 Å². The third kappa shape index (κ3) is 9.74. The Balaban J connectivity index is 0.000000195. The molecule has 1 aliphatic heterocycles. The molecular weight excluding hydrogens is 1070 g/mol. The average Bonchev–Trinajstić information content (AvgIpc) is 3.92. The van der Waals surface area contributed by atoms with Crippen molar-refractivity contribution >= 4 is 50.0 Å². The molecular formula is C66H64IrN5O. The van der Waals surface area contributed by atoms with Gasteiger partial charge in [-0.05, 0) is 150 Å². The first-order chi connectivity index (χ1) is 34.4. The van der Waals surface area contributed by atoms with E-state index in [9.17, 15) is 0 Å². The van der Waals surface area contributed by atoms with Gasteiger partial charge in [0.05, 0.1) is 16.8 Å². The number of hydrogen-bond donors (Lipinski definition) is 0. The quantitative estimate of drug-likeness (QED) is 0.149. The number of aryl methyl sites for hydroxylation is 6. The second-order valence-electron chi connectivity index (χ2n) is 21.5. The zero-order valence-electron chi connectivity index (χ0n) is 44.4. The molecule has 0 aliphatic carbocycles. The van der Waals surface area contributed by atoms with Crippen LogP contribution in [-0.4, -0.2) is 15.0 Å². The van der Waals surface area contributed by atoms with Crippen LogP contribution in [0.2, 0.25) is 0 Å². The van der Waals surface area contributed by atoms with Gasteiger partial charge in [-0.2, -0.15) is 35.4 Å². The number of rotatable bonds is 7. The summed E-state index contributed by atoms with van der Waals surface area (Å²) < 4.78 is 6.27. The summed E-state index contributed by atoms with van der Waals surface area (Å²) >= 11 is 0. The molecule has 4 aromatic heterocycles. The zero-order valence-corrected chi connectivity index (χ0v) is 46.8. The first-order valence-corrected chi connectivity index (χ1v) is 25.4. The summed E-state index contributed by atoms with van der Waals surface area (Å²) in [4.78, 5) is 17.0. The van der Waals surface area contributed by atoms with E-state index in [0.29, 0.717) is 17.5 Å². The molecule has 0 radical (unpaired) electrons. The number of benzene rings is 6. The molecule has 7 heteroatoms. The maximum Gasteiger partial charge on any atom is 3.00 e. The molecule has 6 aromatic carbocycles. The van der Waals surface area contributed by atoms with Gasteiger partial charge < -0.3 is 19.6 Å². The van der Waals surface area contributed by atoms with Gasteiger partial charge in [-0.3, -0.25) is 0 Å². The van der Waals surface area contributed by atoms with Gasteiger partial charge in [-0.1, -0.05) is 127 Å². The van der Waals surface area contributed by atoms with Crippen LogP contribution in [0.5, 0.6) is 0 Å². The van der Waals surface area contributed by atoms with Crippen molar-refractivity contribution in [1.82, 2.24) is 15.0 Å². The summed E-state index contributed by atoms with van der Waals surface area (Å²) in [5.74, 6) is 0.869. The molecule has 0 fully saturated rings. The largest absolute Gasteiger partial charge is 3.00 e. The van der Waals surface area contributed by atoms with Gasteiger partial charge in [0.2, 0.25) is 5.71 Å². The summed E-state index contributed by atoms with van der Waals surface area (Å²) in [5.41, 5.74) is 24.4. The van der Waals surface area contributed by atoms with Crippen LogP contribution in [0.3, 0.4) is 0 Å². The first kappa shape index (κ1) is 51.0. The molecule has 11 rings (SSSR count). The molecule has 0 amide bonds. The number of fused-ring (bicyclic) bond motifs is 5. The normalized spacial score (nSPS) is 13.4. The number of pyridine rings is 3. The van der Waals surface area contributed by atoms with Crippen LogP contribution in [0.4, 0.5) is 17.1 Å². The third-order valence-electron chi connectivity index (χ3n) is 14.3. The Labute approximate surface area is 445 Å². The Morgan fingerprint density at radius 2 is 1.37 bits per heavy atom. The molecule has 73 heavy (non-hydrogen) atoms. The van der Waals surface area contributed by atoms with Crippen molar-refractivity contribution in [3.8, 4) is 33.6 Å². The Morgan fingerprint density at radius 1 is 0.658 bits per heavy atom. The molecule has 1 atom stereocenters. The fourth-order valence-corrected chi connectivity index (χ4v) is 10.4. The van der Waals surface area contributed by atoms with E-state index in [1.165, 1.54) is 61.4 Å². The molecule has 0 N–H and O–H groups in total. The maximum absolute atomic E-state index is 6.27. The van der Waals surface area contributed by atoms with E-state index in [-0.39, 0.29) is 31.7 Å². The number of anilines is 2. The van der Waals surface area contributed by atoms with Gasteiger partial charge in [-0.25, -0.2) is 9.97 Å². The summed E-state index contributed by atoms with van der Waals surface area (Å²) in [7, 11) is 0. The van der Waals surface area contributed by atoms with Crippen molar-refractivity contribution < 1.29 is 24.5 Å². The average molecular weight is 1140 g/mol. The molecule has 0 spiro atoms. The molecule has 0 saturated carbocycles. The van der Waals surface area contributed by atoms with Gasteiger partial charge in [0, 0.05) is 39.6 Å². The van der Waals surface area contributed by atoms with E-state index in [0.717, 1.165) is 72.3 Å². The van der Waals surface area contributed by atoms with E-state index in [2.05, 4.69) is 214 Å². The number of para-hydroxylation sites is 3. The Morgan fingerprint density at radius 3 is 2.05 bits per heavy atom. The molecule has 0 bridgehead atoms. The third-order valence-corrected chi connectivity index (χ3v) is 14.3. The molecule has 6 nitrogen and oxygen atoms in total. The van der Waals surface area contributed by atoms with Crippen molar-refractivity contribution in [1.29, 1.82) is 0 Å². The van der Waals surface area contributed by atoms with Gasteiger partial charge in [-0.15, -0.1) is 23.9 Å². The van der Waals surface area contributed by atoms with Crippen molar-refractivity contribution in [2.24, 2.45) is 0 Å². The van der Waals surface area contributed by atoms with Crippen molar-refractivity contribution in [3.63, 3.8) is 0 Å². The molecule has 0 saturated heterocycles. The predicted octanol–water partition coefficient (Wildman–Crippen LogP) is 18.5. The Hall–Kier alpha value is -6.92. The summed E-state index contributed by atoms with van der Waals surface area (Å²) in [6.07, 6.45) is 1.86. The topological polar surface area (TPSA) is 69.2 Å². The van der Waals surface area contributed by atoms with Crippen molar-refractivity contribution in [2.75, 3.05) is 4.90 Å². The summed E-state index contributed by atoms with van der Waals surface area (Å²) in [5, 5.41) is 8.24. The molecule has 5 heterocycles. The number of nitrogens with zero attached hydrogens (tertiary/aromatic N) is 5. The smallest absolute Gasteiger partial charge is 0.661 e. The standard InChI is InChI=1S/C40H36N3O.C26H28N2.Ir/c1-22-18-35-27(13-15-34(43-35)37-23(2)16-28(17-24(37)3)40(6,7)8)19-32(22)33-20-36(41-21-25(33)4)31-11-9-10-29-30-14-12-26(5)42-39(30)44-38(29)31;1-17(2)21-9-8-10-22(18(3)4)25(21)28-24-12-7-6-11-23(24)27-26(28)20-15-13-19(5)14-16-20;/h9-10,12-21H,1-8H3;6-15,17-18,26H,1-5H3;/q-1;-2;+3. The zero-order chi connectivity index (χ0) is 50.7. The van der Waals surface area contributed by atoms with E-state index >= 15 is 0 Å². The minimum atomic E-state index is -0.0876. The fourth-order valence-electron chi connectivity index (χ4n) is 10.4. The SMILES string of the molecule is Cc1c[c-]c(C2[N-]c3ccccc3N2c2c(C(C)C)cccc2C(C)C)cc1.Cc1ccc2c(n1)oc1c(-c3cc(-c4cc5ccc(-c6c(C)cc(C(C)(C)C)cc6C)nc5cc4C)c(C)cn3)[c-]ccc12.[Ir+3]. The number of aromatic nitrogens is 3. The van der Waals surface area contributed by atoms with Gasteiger partial charge in [0.25, 0.3) is 0 Å². The molecule has 10 aromatic rings. The van der Waals surface area contributed by atoms with Crippen LogP contribution in [-0.2, 0) is 25.5 Å². The fraction of sp³-hybridized carbons (Fsp3) is 0.258. The van der Waals surface area contributed by atoms with E-state index in [1.807, 2.05) is 31.3 Å². The summed E-state index contributed by atoms with van der Waals surface area (Å²) in [6.45, 7) is 28.6. The molecule has 1 aliphatic rings. The Kier molecular flexibility index (Phi) is 14.1. The number of hydrogen-bond acceptors (Lipinski definition) is 5. The van der Waals surface area contributed by atoms with Crippen LogP contribution < -0.4 is 4.90 Å². The van der Waals surface area contributed by atoms with Crippen LogP contribution in [0.15, 0.2) is 138 Å². The van der Waals surface area contributed by atoms with E-state index < -0.39 is 0 Å². The maximum atomic E-state index is 6.27. The van der Waals surface area contributed by atoms with Crippen LogP contribution in [0.1, 0.15) is 122 Å². The van der Waals surface area contributed by atoms with E-state index in [1.54, 1.807) is 0 Å². The van der Waals surface area contributed by atoms with Crippen LogP contribution in [0, 0.1) is 53.7 Å². The van der Waals surface area contributed by atoms with E-state index in [4.69, 9.17) is 19.7 Å². The van der Waals surface area contributed by atoms with Gasteiger partial charge in [0.15, 0.2) is 0 Å². The van der Waals surface area contributed by atoms with Crippen LogP contribution >= 0.6 is 0 Å². The molecule has 368 valence electrons. The Bertz CT molecular complexity index is 3640. The predicted molar refractivity (Wildman–Crippen MR) is 301 cm³/mol. The second-order valence-corrected chi connectivity index (χ2v) is 21.5.